The zero-order chi connectivity index (χ0) is 22.9. The van der Waals surface area contributed by atoms with Gasteiger partial charge in [0.05, 0.1) is 0 Å². The molecule has 3 saturated heterocycles. The third kappa shape index (κ3) is 7.62. The summed E-state index contributed by atoms with van der Waals surface area (Å²) in [6, 6.07) is 0. The first-order chi connectivity index (χ1) is 15.5. The molecule has 0 spiro atoms. The molecule has 32 heavy (non-hydrogen) atoms. The molecule has 3 fully saturated rings. The summed E-state index contributed by atoms with van der Waals surface area (Å²) in [5, 5.41) is 14.3. The molecule has 3 heterocycles. The van der Waals surface area contributed by atoms with Crippen molar-refractivity contribution in [1.82, 2.24) is 10.2 Å². The number of likely N-dealkylation sites (tertiary alicyclic amines) is 1. The summed E-state index contributed by atoms with van der Waals surface area (Å²) in [4.78, 5) is 2.48. The maximum absolute atomic E-state index is 10.9. The summed E-state index contributed by atoms with van der Waals surface area (Å²) in [6.07, 6.45) is 11.2. The monoisotopic (exact) mass is 456 g/mol. The Bertz CT molecular complexity index is 528. The van der Waals surface area contributed by atoms with E-state index < -0.39 is 23.8 Å². The van der Waals surface area contributed by atoms with Gasteiger partial charge in [0.2, 0.25) is 5.79 Å². The number of hydrogen-bond acceptors (Lipinski definition) is 7. The molecule has 0 aromatic carbocycles. The van der Waals surface area contributed by atoms with Gasteiger partial charge in [0.15, 0.2) is 5.79 Å². The van der Waals surface area contributed by atoms with E-state index in [1.54, 1.807) is 0 Å². The Balaban J connectivity index is 1.36. The van der Waals surface area contributed by atoms with Crippen molar-refractivity contribution in [3.8, 4) is 0 Å². The first-order valence-corrected chi connectivity index (χ1v) is 13.2. The van der Waals surface area contributed by atoms with Crippen molar-refractivity contribution in [2.45, 2.75) is 115 Å². The number of nitrogens with one attached hydrogen (secondary N) is 1. The van der Waals surface area contributed by atoms with Crippen LogP contribution in [-0.2, 0) is 18.9 Å². The van der Waals surface area contributed by atoms with Crippen LogP contribution in [0.3, 0.4) is 0 Å². The smallest absolute Gasteiger partial charge is 0.224 e. The van der Waals surface area contributed by atoms with Crippen LogP contribution < -0.4 is 5.32 Å². The Kier molecular flexibility index (Phi) is 10.7. The summed E-state index contributed by atoms with van der Waals surface area (Å²) in [7, 11) is 0. The highest BCUT2D eigenvalue weighted by Gasteiger charge is 2.64. The number of aliphatic hydroxyl groups is 1. The van der Waals surface area contributed by atoms with Gasteiger partial charge in [-0.3, -0.25) is 0 Å². The molecule has 0 saturated carbocycles. The molecule has 7 nitrogen and oxygen atoms in total. The van der Waals surface area contributed by atoms with Gasteiger partial charge >= 0.3 is 0 Å². The third-order valence-electron chi connectivity index (χ3n) is 6.90. The molecular formula is C25H48N2O5. The minimum Gasteiger partial charge on any atom is -0.387 e. The van der Waals surface area contributed by atoms with Gasteiger partial charge < -0.3 is 34.3 Å². The van der Waals surface area contributed by atoms with E-state index in [1.807, 2.05) is 13.8 Å². The molecule has 0 aliphatic carbocycles. The molecule has 0 amide bonds. The average Bonchev–Trinajstić information content (AvgIpc) is 3.42. The number of rotatable bonds is 16. The Morgan fingerprint density at radius 1 is 1.00 bits per heavy atom. The second-order valence-corrected chi connectivity index (χ2v) is 10.3. The minimum absolute atomic E-state index is 0.291. The van der Waals surface area contributed by atoms with E-state index >= 15 is 0 Å². The Labute approximate surface area is 195 Å². The zero-order valence-electron chi connectivity index (χ0n) is 20.8. The molecule has 0 radical (unpaired) electrons. The zero-order valence-corrected chi connectivity index (χ0v) is 20.8. The highest BCUT2D eigenvalue weighted by atomic mass is 16.9. The molecule has 0 aromatic heterocycles. The number of unbranched alkanes of at least 4 members (excludes halogenated alkanes) is 7. The van der Waals surface area contributed by atoms with Crippen LogP contribution in [0.1, 0.15) is 85.0 Å². The van der Waals surface area contributed by atoms with Gasteiger partial charge in [-0.1, -0.05) is 51.9 Å². The number of ether oxygens (including phenoxy) is 4. The second kappa shape index (κ2) is 13.0. The van der Waals surface area contributed by atoms with Crippen LogP contribution in [0.2, 0.25) is 0 Å². The van der Waals surface area contributed by atoms with Gasteiger partial charge in [-0.15, -0.1) is 0 Å². The topological polar surface area (TPSA) is 72.4 Å². The van der Waals surface area contributed by atoms with Crippen molar-refractivity contribution in [3.63, 3.8) is 0 Å². The van der Waals surface area contributed by atoms with Gasteiger partial charge in [0, 0.05) is 26.2 Å². The van der Waals surface area contributed by atoms with Gasteiger partial charge in [0.25, 0.3) is 0 Å². The standard InChI is InChI=1S/C25H48N2O5/c1-4-5-6-7-8-9-10-13-18-29-20-25-23(31-24(2,3)32-25)22(28)21(30-25)19-26-14-17-27-15-11-12-16-27/h21-23,26,28H,4-20H2,1-3H3/t21-,22+,23-,25-/m0/s1. The summed E-state index contributed by atoms with van der Waals surface area (Å²) in [5.41, 5.74) is 0. The van der Waals surface area contributed by atoms with Gasteiger partial charge in [-0.2, -0.15) is 0 Å². The van der Waals surface area contributed by atoms with Crippen LogP contribution in [0.15, 0.2) is 0 Å². The molecule has 2 N–H and O–H groups in total. The summed E-state index contributed by atoms with van der Waals surface area (Å²) < 4.78 is 24.5. The van der Waals surface area contributed by atoms with Crippen molar-refractivity contribution in [2.75, 3.05) is 45.9 Å². The normalized spacial score (nSPS) is 32.1. The van der Waals surface area contributed by atoms with Gasteiger partial charge in [0.1, 0.15) is 24.9 Å². The van der Waals surface area contributed by atoms with Crippen LogP contribution in [-0.4, -0.2) is 85.8 Å². The molecule has 3 rings (SSSR count). The highest BCUT2D eigenvalue weighted by molar-refractivity contribution is 5.03. The Morgan fingerprint density at radius 2 is 1.69 bits per heavy atom. The van der Waals surface area contributed by atoms with Gasteiger partial charge in [-0.25, -0.2) is 0 Å². The lowest BCUT2D eigenvalue weighted by atomic mass is 10.1. The van der Waals surface area contributed by atoms with E-state index in [2.05, 4.69) is 17.1 Å². The molecule has 0 aromatic rings. The van der Waals surface area contributed by atoms with E-state index in [0.29, 0.717) is 19.8 Å². The number of aliphatic hydroxyl groups excluding tert-OH is 1. The van der Waals surface area contributed by atoms with E-state index in [4.69, 9.17) is 18.9 Å². The van der Waals surface area contributed by atoms with E-state index in [9.17, 15) is 5.11 Å². The molecular weight excluding hydrogens is 408 g/mol. The van der Waals surface area contributed by atoms with Crippen LogP contribution in [0.4, 0.5) is 0 Å². The molecule has 3 aliphatic heterocycles. The maximum Gasteiger partial charge on any atom is 0.224 e. The third-order valence-corrected chi connectivity index (χ3v) is 6.90. The van der Waals surface area contributed by atoms with Crippen LogP contribution in [0, 0.1) is 0 Å². The highest BCUT2D eigenvalue weighted by Crippen LogP contribution is 2.45. The predicted molar refractivity (Wildman–Crippen MR) is 126 cm³/mol. The largest absolute Gasteiger partial charge is 0.387 e. The summed E-state index contributed by atoms with van der Waals surface area (Å²) >= 11 is 0. The predicted octanol–water partition coefficient (Wildman–Crippen LogP) is 3.44. The average molecular weight is 457 g/mol. The Morgan fingerprint density at radius 3 is 2.41 bits per heavy atom. The van der Waals surface area contributed by atoms with E-state index in [-0.39, 0.29) is 6.10 Å². The van der Waals surface area contributed by atoms with Crippen LogP contribution in [0.25, 0.3) is 0 Å². The second-order valence-electron chi connectivity index (χ2n) is 10.3. The first kappa shape index (κ1) is 26.3. The lowest BCUT2D eigenvalue weighted by Crippen LogP contribution is -2.45. The van der Waals surface area contributed by atoms with E-state index in [0.717, 1.165) is 19.5 Å². The molecule has 3 aliphatic rings. The van der Waals surface area contributed by atoms with Crippen LogP contribution in [0.5, 0.6) is 0 Å². The van der Waals surface area contributed by atoms with E-state index in [1.165, 1.54) is 70.9 Å². The molecule has 0 unspecified atom stereocenters. The quantitative estimate of drug-likeness (QED) is 0.345. The summed E-state index contributed by atoms with van der Waals surface area (Å²) in [5.74, 6) is -1.81. The fourth-order valence-electron chi connectivity index (χ4n) is 5.18. The van der Waals surface area contributed by atoms with Gasteiger partial charge in [-0.05, 0) is 46.2 Å². The number of hydrogen-bond donors (Lipinski definition) is 2. The first-order valence-electron chi connectivity index (χ1n) is 13.2. The Hall–Kier alpha value is -0.280. The molecule has 0 bridgehead atoms. The fraction of sp³-hybridized carbons (Fsp3) is 1.00. The van der Waals surface area contributed by atoms with Crippen molar-refractivity contribution < 1.29 is 24.1 Å². The fourth-order valence-corrected chi connectivity index (χ4v) is 5.18. The molecule has 7 heteroatoms. The summed E-state index contributed by atoms with van der Waals surface area (Å²) in [6.45, 7) is 11.9. The maximum atomic E-state index is 10.9. The number of nitrogens with zero attached hydrogens (tertiary/aromatic N) is 1. The SMILES string of the molecule is CCCCCCCCCCOC[C@@]12O[C@@H](CNCCN3CCCC3)[C@@H](O)[C@@H]1OC(C)(C)O2. The van der Waals surface area contributed by atoms with Crippen molar-refractivity contribution in [1.29, 1.82) is 0 Å². The van der Waals surface area contributed by atoms with Crippen molar-refractivity contribution in [2.24, 2.45) is 0 Å². The van der Waals surface area contributed by atoms with Crippen molar-refractivity contribution in [3.05, 3.63) is 0 Å². The molecule has 188 valence electrons. The lowest BCUT2D eigenvalue weighted by Gasteiger charge is -2.28. The van der Waals surface area contributed by atoms with Crippen LogP contribution >= 0.6 is 0 Å². The lowest BCUT2D eigenvalue weighted by molar-refractivity contribution is -0.277. The molecule has 4 atom stereocenters. The minimum atomic E-state index is -1.02. The van der Waals surface area contributed by atoms with Crippen molar-refractivity contribution >= 4 is 0 Å². The number of fused-ring (bicyclic) bond motifs is 1.